The number of ether oxygens (including phenoxy) is 1. The van der Waals surface area contributed by atoms with Gasteiger partial charge in [-0.05, 0) is 41.3 Å². The van der Waals surface area contributed by atoms with E-state index in [0.717, 1.165) is 28.6 Å². The molecular formula is C11H14BrNO2S. The van der Waals surface area contributed by atoms with Crippen LogP contribution in [0.4, 0.5) is 0 Å². The molecule has 0 aliphatic carbocycles. The zero-order chi connectivity index (χ0) is 11.4. The maximum absolute atomic E-state index is 11.7. The van der Waals surface area contributed by atoms with Crippen molar-refractivity contribution >= 4 is 33.2 Å². The molecule has 1 aliphatic heterocycles. The van der Waals surface area contributed by atoms with Gasteiger partial charge < -0.3 is 10.1 Å². The Morgan fingerprint density at radius 1 is 1.62 bits per heavy atom. The number of rotatable bonds is 3. The highest BCUT2D eigenvalue weighted by Crippen LogP contribution is 2.19. The standard InChI is InChI=1S/C11H14BrNO2S/c12-8-5-9(16-7-8)6-13-11(14)10-3-1-2-4-15-10/h5,7,10H,1-4,6H2,(H,13,14). The summed E-state index contributed by atoms with van der Waals surface area (Å²) in [5.74, 6) is 0.0178. The van der Waals surface area contributed by atoms with Crippen LogP contribution < -0.4 is 5.32 Å². The van der Waals surface area contributed by atoms with Crippen molar-refractivity contribution in [2.75, 3.05) is 6.61 Å². The van der Waals surface area contributed by atoms with Crippen molar-refractivity contribution in [1.29, 1.82) is 0 Å². The first-order valence-corrected chi connectivity index (χ1v) is 7.05. The number of carbonyl (C=O) groups is 1. The van der Waals surface area contributed by atoms with E-state index in [0.29, 0.717) is 13.2 Å². The average Bonchev–Trinajstić information content (AvgIpc) is 2.73. The van der Waals surface area contributed by atoms with Crippen molar-refractivity contribution in [3.05, 3.63) is 20.8 Å². The summed E-state index contributed by atoms with van der Waals surface area (Å²) in [7, 11) is 0. The molecule has 1 aromatic rings. The van der Waals surface area contributed by atoms with Crippen LogP contribution in [0.15, 0.2) is 15.9 Å². The molecule has 1 fully saturated rings. The lowest BCUT2D eigenvalue weighted by Crippen LogP contribution is -2.37. The molecule has 5 heteroatoms. The van der Waals surface area contributed by atoms with Crippen LogP contribution in [0.2, 0.25) is 0 Å². The van der Waals surface area contributed by atoms with E-state index in [4.69, 9.17) is 4.74 Å². The van der Waals surface area contributed by atoms with Gasteiger partial charge in [-0.15, -0.1) is 11.3 Å². The van der Waals surface area contributed by atoms with Crippen LogP contribution in [0, 0.1) is 0 Å². The second-order valence-corrected chi connectivity index (χ2v) is 5.72. The fourth-order valence-electron chi connectivity index (χ4n) is 1.68. The van der Waals surface area contributed by atoms with Crippen molar-refractivity contribution < 1.29 is 9.53 Å². The normalized spacial score (nSPS) is 20.7. The molecule has 0 saturated carbocycles. The Balaban J connectivity index is 1.78. The van der Waals surface area contributed by atoms with Crippen LogP contribution in [0.5, 0.6) is 0 Å². The highest BCUT2D eigenvalue weighted by molar-refractivity contribution is 9.10. The molecule has 1 aromatic heterocycles. The molecular weight excluding hydrogens is 290 g/mol. The number of nitrogens with one attached hydrogen (secondary N) is 1. The van der Waals surface area contributed by atoms with Gasteiger partial charge in [-0.2, -0.15) is 0 Å². The fraction of sp³-hybridized carbons (Fsp3) is 0.545. The minimum atomic E-state index is -0.239. The van der Waals surface area contributed by atoms with Gasteiger partial charge in [0.2, 0.25) is 5.91 Å². The lowest BCUT2D eigenvalue weighted by molar-refractivity contribution is -0.135. The van der Waals surface area contributed by atoms with Crippen molar-refractivity contribution in [3.8, 4) is 0 Å². The summed E-state index contributed by atoms with van der Waals surface area (Å²) in [6.07, 6.45) is 2.77. The van der Waals surface area contributed by atoms with E-state index >= 15 is 0 Å². The van der Waals surface area contributed by atoms with E-state index in [1.54, 1.807) is 11.3 Å². The maximum Gasteiger partial charge on any atom is 0.249 e. The molecule has 3 nitrogen and oxygen atoms in total. The zero-order valence-corrected chi connectivity index (χ0v) is 11.3. The van der Waals surface area contributed by atoms with Gasteiger partial charge in [-0.1, -0.05) is 0 Å². The molecule has 16 heavy (non-hydrogen) atoms. The highest BCUT2D eigenvalue weighted by Gasteiger charge is 2.21. The van der Waals surface area contributed by atoms with E-state index < -0.39 is 0 Å². The Morgan fingerprint density at radius 2 is 2.50 bits per heavy atom. The van der Waals surface area contributed by atoms with E-state index in [-0.39, 0.29) is 12.0 Å². The Kier molecular flexibility index (Phi) is 4.37. The molecule has 1 unspecified atom stereocenters. The molecule has 88 valence electrons. The molecule has 1 amide bonds. The zero-order valence-electron chi connectivity index (χ0n) is 8.87. The average molecular weight is 304 g/mol. The second-order valence-electron chi connectivity index (χ2n) is 3.80. The van der Waals surface area contributed by atoms with Crippen molar-refractivity contribution in [2.24, 2.45) is 0 Å². The van der Waals surface area contributed by atoms with Gasteiger partial charge in [0.1, 0.15) is 6.10 Å². The van der Waals surface area contributed by atoms with E-state index in [9.17, 15) is 4.79 Å². The van der Waals surface area contributed by atoms with Crippen LogP contribution in [0.25, 0.3) is 0 Å². The summed E-state index contributed by atoms with van der Waals surface area (Å²) < 4.78 is 6.48. The molecule has 0 radical (unpaired) electrons. The third kappa shape index (κ3) is 3.30. The first-order valence-electron chi connectivity index (χ1n) is 5.38. The third-order valence-corrected chi connectivity index (χ3v) is 4.23. The molecule has 1 aliphatic rings. The van der Waals surface area contributed by atoms with Crippen LogP contribution in [0.1, 0.15) is 24.1 Å². The SMILES string of the molecule is O=C(NCc1cc(Br)cs1)C1CCCCO1. The minimum absolute atomic E-state index is 0.0178. The second kappa shape index (κ2) is 5.80. The topological polar surface area (TPSA) is 38.3 Å². The van der Waals surface area contributed by atoms with Crippen molar-refractivity contribution in [3.63, 3.8) is 0 Å². The Morgan fingerprint density at radius 3 is 3.12 bits per heavy atom. The summed E-state index contributed by atoms with van der Waals surface area (Å²) in [5, 5.41) is 4.92. The van der Waals surface area contributed by atoms with Gasteiger partial charge in [0.15, 0.2) is 0 Å². The van der Waals surface area contributed by atoms with E-state index in [1.807, 2.05) is 11.4 Å². The maximum atomic E-state index is 11.7. The van der Waals surface area contributed by atoms with Crippen LogP contribution in [-0.4, -0.2) is 18.6 Å². The van der Waals surface area contributed by atoms with Crippen molar-refractivity contribution in [2.45, 2.75) is 31.9 Å². The molecule has 0 spiro atoms. The summed E-state index contributed by atoms with van der Waals surface area (Å²) in [6, 6.07) is 2.02. The quantitative estimate of drug-likeness (QED) is 0.932. The molecule has 2 rings (SSSR count). The van der Waals surface area contributed by atoms with E-state index in [2.05, 4.69) is 21.2 Å². The number of halogens is 1. The molecule has 2 heterocycles. The molecule has 0 bridgehead atoms. The van der Waals surface area contributed by atoms with Crippen LogP contribution in [0.3, 0.4) is 0 Å². The summed E-state index contributed by atoms with van der Waals surface area (Å²) in [4.78, 5) is 12.9. The first-order chi connectivity index (χ1) is 7.75. The van der Waals surface area contributed by atoms with Gasteiger partial charge in [-0.25, -0.2) is 0 Å². The first kappa shape index (κ1) is 12.1. The third-order valence-electron chi connectivity index (χ3n) is 2.53. The Bertz CT molecular complexity index is 361. The summed E-state index contributed by atoms with van der Waals surface area (Å²) in [6.45, 7) is 1.30. The lowest BCUT2D eigenvalue weighted by Gasteiger charge is -2.21. The van der Waals surface area contributed by atoms with Gasteiger partial charge >= 0.3 is 0 Å². The smallest absolute Gasteiger partial charge is 0.249 e. The predicted molar refractivity (Wildman–Crippen MR) is 67.5 cm³/mol. The number of hydrogen-bond donors (Lipinski definition) is 1. The molecule has 1 atom stereocenters. The minimum Gasteiger partial charge on any atom is -0.368 e. The molecule has 1 N–H and O–H groups in total. The monoisotopic (exact) mass is 303 g/mol. The molecule has 1 saturated heterocycles. The Labute approximate surface area is 107 Å². The van der Waals surface area contributed by atoms with Gasteiger partial charge in [0.25, 0.3) is 0 Å². The molecule has 0 aromatic carbocycles. The van der Waals surface area contributed by atoms with Gasteiger partial charge in [0, 0.05) is 21.3 Å². The fourth-order valence-corrected chi connectivity index (χ4v) is 3.07. The van der Waals surface area contributed by atoms with Crippen LogP contribution >= 0.6 is 27.3 Å². The lowest BCUT2D eigenvalue weighted by atomic mass is 10.1. The number of hydrogen-bond acceptors (Lipinski definition) is 3. The van der Waals surface area contributed by atoms with E-state index in [1.165, 1.54) is 0 Å². The van der Waals surface area contributed by atoms with Crippen molar-refractivity contribution in [1.82, 2.24) is 5.32 Å². The van der Waals surface area contributed by atoms with Crippen LogP contribution in [-0.2, 0) is 16.1 Å². The largest absolute Gasteiger partial charge is 0.368 e. The van der Waals surface area contributed by atoms with Gasteiger partial charge in [-0.3, -0.25) is 4.79 Å². The summed E-state index contributed by atoms with van der Waals surface area (Å²) >= 11 is 5.02. The number of thiophene rings is 1. The highest BCUT2D eigenvalue weighted by atomic mass is 79.9. The predicted octanol–water partition coefficient (Wildman–Crippen LogP) is 2.70. The number of amides is 1. The summed E-state index contributed by atoms with van der Waals surface area (Å²) in [5.41, 5.74) is 0. The Hall–Kier alpha value is -0.390. The number of carbonyl (C=O) groups excluding carboxylic acids is 1. The van der Waals surface area contributed by atoms with Gasteiger partial charge in [0.05, 0.1) is 6.54 Å².